The Morgan fingerprint density at radius 3 is 2.15 bits per heavy atom. The lowest BCUT2D eigenvalue weighted by atomic mass is 10.0. The van der Waals surface area contributed by atoms with Crippen LogP contribution in [-0.4, -0.2) is 68.5 Å². The van der Waals surface area contributed by atoms with Crippen LogP contribution in [0.2, 0.25) is 0 Å². The summed E-state index contributed by atoms with van der Waals surface area (Å²) in [5.41, 5.74) is 0. The Morgan fingerprint density at radius 1 is 1.04 bits per heavy atom. The van der Waals surface area contributed by atoms with Gasteiger partial charge in [-0.3, -0.25) is 4.99 Å². The molecule has 27 heavy (non-hydrogen) atoms. The van der Waals surface area contributed by atoms with Gasteiger partial charge in [0.15, 0.2) is 15.8 Å². The van der Waals surface area contributed by atoms with Crippen LogP contribution in [0.4, 0.5) is 0 Å². The molecule has 2 aliphatic heterocycles. The fraction of sp³-hybridized carbons (Fsp3) is 0.947. The van der Waals surface area contributed by atoms with Crippen LogP contribution in [0.15, 0.2) is 4.99 Å². The molecule has 2 N–H and O–H groups in total. The standard InChI is InChI=1S/C19H36N4O2S.HI/c1-15(2)23-10-7-18(8-11-23)22-19(21-17-5-3-4-6-17)20-13-16-9-12-26(24,25)14-16;/h15-18H,3-14H2,1-2H3,(H2,20,21,22);1H. The molecule has 3 rings (SSSR count). The lowest BCUT2D eigenvalue weighted by Gasteiger charge is -2.35. The molecule has 0 aromatic carbocycles. The average Bonchev–Trinajstić information content (AvgIpc) is 3.22. The zero-order valence-electron chi connectivity index (χ0n) is 16.8. The summed E-state index contributed by atoms with van der Waals surface area (Å²) in [4.78, 5) is 7.33. The van der Waals surface area contributed by atoms with E-state index in [1.165, 1.54) is 25.7 Å². The Kier molecular flexibility index (Phi) is 9.12. The predicted molar refractivity (Wildman–Crippen MR) is 123 cm³/mol. The van der Waals surface area contributed by atoms with E-state index in [1.54, 1.807) is 0 Å². The number of nitrogens with zero attached hydrogens (tertiary/aromatic N) is 2. The highest BCUT2D eigenvalue weighted by Crippen LogP contribution is 2.20. The van der Waals surface area contributed by atoms with Gasteiger partial charge < -0.3 is 15.5 Å². The maximum Gasteiger partial charge on any atom is 0.191 e. The largest absolute Gasteiger partial charge is 0.354 e. The highest BCUT2D eigenvalue weighted by molar-refractivity contribution is 14.0. The van der Waals surface area contributed by atoms with Gasteiger partial charge in [-0.25, -0.2) is 8.42 Å². The van der Waals surface area contributed by atoms with Gasteiger partial charge in [-0.1, -0.05) is 12.8 Å². The molecule has 2 saturated heterocycles. The number of hydrogen-bond donors (Lipinski definition) is 2. The van der Waals surface area contributed by atoms with Crippen molar-refractivity contribution in [1.29, 1.82) is 0 Å². The highest BCUT2D eigenvalue weighted by atomic mass is 127. The lowest BCUT2D eigenvalue weighted by molar-refractivity contribution is 0.167. The topological polar surface area (TPSA) is 73.8 Å². The van der Waals surface area contributed by atoms with Crippen LogP contribution < -0.4 is 10.6 Å². The molecular weight excluding hydrogens is 475 g/mol. The summed E-state index contributed by atoms with van der Waals surface area (Å²) in [5, 5.41) is 7.27. The molecule has 3 fully saturated rings. The fourth-order valence-corrected chi connectivity index (χ4v) is 6.24. The molecule has 8 heteroatoms. The summed E-state index contributed by atoms with van der Waals surface area (Å²) < 4.78 is 23.4. The van der Waals surface area contributed by atoms with E-state index in [0.29, 0.717) is 36.2 Å². The molecule has 0 radical (unpaired) electrons. The number of guanidine groups is 1. The third-order valence-corrected chi connectivity index (χ3v) is 7.97. The third kappa shape index (κ3) is 7.34. The molecule has 3 aliphatic rings. The van der Waals surface area contributed by atoms with E-state index in [4.69, 9.17) is 4.99 Å². The Bertz CT molecular complexity index is 583. The van der Waals surface area contributed by atoms with Crippen molar-refractivity contribution in [3.63, 3.8) is 0 Å². The molecule has 0 aromatic rings. The summed E-state index contributed by atoms with van der Waals surface area (Å²) in [6.45, 7) is 7.40. The summed E-state index contributed by atoms with van der Waals surface area (Å²) >= 11 is 0. The number of hydrogen-bond acceptors (Lipinski definition) is 4. The summed E-state index contributed by atoms with van der Waals surface area (Å²) in [6, 6.07) is 1.60. The van der Waals surface area contributed by atoms with Crippen molar-refractivity contribution >= 4 is 39.8 Å². The number of rotatable bonds is 5. The first-order chi connectivity index (χ1) is 12.4. The molecular formula is C19H37IN4O2S. The van der Waals surface area contributed by atoms with E-state index in [-0.39, 0.29) is 29.9 Å². The first kappa shape index (κ1) is 23.2. The second-order valence-electron chi connectivity index (χ2n) is 8.63. The molecule has 0 amide bonds. The number of halogens is 1. The van der Waals surface area contributed by atoms with Gasteiger partial charge in [0.25, 0.3) is 0 Å². The maximum absolute atomic E-state index is 11.7. The van der Waals surface area contributed by atoms with Crippen LogP contribution in [0.5, 0.6) is 0 Å². The molecule has 0 spiro atoms. The molecule has 0 aromatic heterocycles. The minimum atomic E-state index is -2.82. The van der Waals surface area contributed by atoms with Crippen molar-refractivity contribution in [2.75, 3.05) is 31.1 Å². The van der Waals surface area contributed by atoms with Crippen molar-refractivity contribution in [1.82, 2.24) is 15.5 Å². The molecule has 1 aliphatic carbocycles. The van der Waals surface area contributed by atoms with E-state index >= 15 is 0 Å². The van der Waals surface area contributed by atoms with E-state index in [9.17, 15) is 8.42 Å². The molecule has 158 valence electrons. The second-order valence-corrected chi connectivity index (χ2v) is 10.9. The smallest absolute Gasteiger partial charge is 0.191 e. The predicted octanol–water partition coefficient (Wildman–Crippen LogP) is 2.39. The van der Waals surface area contributed by atoms with E-state index in [2.05, 4.69) is 29.4 Å². The maximum atomic E-state index is 11.7. The minimum absolute atomic E-state index is 0. The zero-order valence-corrected chi connectivity index (χ0v) is 20.0. The molecule has 1 saturated carbocycles. The van der Waals surface area contributed by atoms with Crippen LogP contribution in [0, 0.1) is 5.92 Å². The number of sulfone groups is 1. The summed E-state index contributed by atoms with van der Waals surface area (Å²) in [6.07, 6.45) is 8.05. The van der Waals surface area contributed by atoms with E-state index < -0.39 is 9.84 Å². The van der Waals surface area contributed by atoms with Crippen molar-refractivity contribution in [3.8, 4) is 0 Å². The number of piperidine rings is 1. The van der Waals surface area contributed by atoms with Gasteiger partial charge in [0.2, 0.25) is 0 Å². The SMILES string of the molecule is CC(C)N1CCC(NC(=NCC2CCS(=O)(=O)C2)NC2CCCC2)CC1.I. The Labute approximate surface area is 182 Å². The second kappa shape index (κ2) is 10.6. The molecule has 2 heterocycles. The number of likely N-dealkylation sites (tertiary alicyclic amines) is 1. The average molecular weight is 513 g/mol. The van der Waals surface area contributed by atoms with Gasteiger partial charge in [-0.15, -0.1) is 24.0 Å². The molecule has 1 atom stereocenters. The van der Waals surface area contributed by atoms with Gasteiger partial charge >= 0.3 is 0 Å². The van der Waals surface area contributed by atoms with Gasteiger partial charge in [-0.2, -0.15) is 0 Å². The van der Waals surface area contributed by atoms with Crippen LogP contribution in [0.3, 0.4) is 0 Å². The highest BCUT2D eigenvalue weighted by Gasteiger charge is 2.28. The van der Waals surface area contributed by atoms with Crippen LogP contribution >= 0.6 is 24.0 Å². The van der Waals surface area contributed by atoms with Crippen LogP contribution in [0.25, 0.3) is 0 Å². The van der Waals surface area contributed by atoms with Crippen molar-refractivity contribution in [2.45, 2.75) is 76.9 Å². The zero-order chi connectivity index (χ0) is 18.6. The van der Waals surface area contributed by atoms with Crippen LogP contribution in [-0.2, 0) is 9.84 Å². The van der Waals surface area contributed by atoms with Gasteiger partial charge in [0, 0.05) is 37.8 Å². The number of aliphatic imine (C=N–C) groups is 1. The third-order valence-electron chi connectivity index (χ3n) is 6.13. The Balaban J connectivity index is 0.00000261. The first-order valence-electron chi connectivity index (χ1n) is 10.4. The van der Waals surface area contributed by atoms with E-state index in [1.807, 2.05) is 0 Å². The summed E-state index contributed by atoms with van der Waals surface area (Å²) in [7, 11) is -2.82. The van der Waals surface area contributed by atoms with Crippen molar-refractivity contribution in [3.05, 3.63) is 0 Å². The fourth-order valence-electron chi connectivity index (χ4n) is 4.39. The minimum Gasteiger partial charge on any atom is -0.354 e. The Hall–Kier alpha value is -0.0900. The van der Waals surface area contributed by atoms with Gasteiger partial charge in [-0.05, 0) is 51.9 Å². The normalized spacial score (nSPS) is 27.7. The molecule has 1 unspecified atom stereocenters. The van der Waals surface area contributed by atoms with Gasteiger partial charge in [0.05, 0.1) is 11.5 Å². The van der Waals surface area contributed by atoms with Crippen molar-refractivity contribution in [2.24, 2.45) is 10.9 Å². The molecule has 6 nitrogen and oxygen atoms in total. The Morgan fingerprint density at radius 2 is 1.63 bits per heavy atom. The monoisotopic (exact) mass is 512 g/mol. The van der Waals surface area contributed by atoms with Crippen molar-refractivity contribution < 1.29 is 8.42 Å². The van der Waals surface area contributed by atoms with Crippen LogP contribution in [0.1, 0.15) is 58.8 Å². The quantitative estimate of drug-likeness (QED) is 0.336. The first-order valence-corrected chi connectivity index (χ1v) is 12.3. The molecule has 0 bridgehead atoms. The number of nitrogens with one attached hydrogen (secondary N) is 2. The lowest BCUT2D eigenvalue weighted by Crippen LogP contribution is -2.51. The van der Waals surface area contributed by atoms with E-state index in [0.717, 1.165) is 38.3 Å². The summed E-state index contributed by atoms with van der Waals surface area (Å²) in [5.74, 6) is 1.73. The van der Waals surface area contributed by atoms with Gasteiger partial charge in [0.1, 0.15) is 0 Å².